The van der Waals surface area contributed by atoms with Crippen LogP contribution in [0.4, 0.5) is 0 Å². The Kier molecular flexibility index (Phi) is 5.00. The molecule has 1 aromatic rings. The van der Waals surface area contributed by atoms with Gasteiger partial charge < -0.3 is 16.8 Å². The summed E-state index contributed by atoms with van der Waals surface area (Å²) in [5.41, 5.74) is 12.2. The third kappa shape index (κ3) is 5.01. The smallest absolute Gasteiger partial charge is 0.251 e. The van der Waals surface area contributed by atoms with Gasteiger partial charge in [0.05, 0.1) is 0 Å². The summed E-state index contributed by atoms with van der Waals surface area (Å²) in [5, 5.41) is 2.80. The molecule has 17 heavy (non-hydrogen) atoms. The monoisotopic (exact) mass is 234 g/mol. The molecule has 5 nitrogen and oxygen atoms in total. The molecular formula is C12H18N4O. The Morgan fingerprint density at radius 3 is 2.53 bits per heavy atom. The maximum atomic E-state index is 11.7. The highest BCUT2D eigenvalue weighted by molar-refractivity contribution is 5.94. The van der Waals surface area contributed by atoms with Gasteiger partial charge in [-0.1, -0.05) is 17.7 Å². The van der Waals surface area contributed by atoms with Crippen molar-refractivity contribution in [2.75, 3.05) is 13.1 Å². The lowest BCUT2D eigenvalue weighted by molar-refractivity contribution is 0.0953. The lowest BCUT2D eigenvalue weighted by Crippen LogP contribution is -2.26. The van der Waals surface area contributed by atoms with E-state index in [1.54, 1.807) is 12.1 Å². The van der Waals surface area contributed by atoms with E-state index in [-0.39, 0.29) is 11.9 Å². The van der Waals surface area contributed by atoms with E-state index in [9.17, 15) is 4.79 Å². The molecule has 5 N–H and O–H groups in total. The van der Waals surface area contributed by atoms with Crippen molar-refractivity contribution in [3.05, 3.63) is 35.4 Å². The van der Waals surface area contributed by atoms with Gasteiger partial charge in [-0.05, 0) is 25.5 Å². The van der Waals surface area contributed by atoms with E-state index in [0.29, 0.717) is 18.7 Å². The number of amides is 1. The van der Waals surface area contributed by atoms with Crippen molar-refractivity contribution in [2.24, 2.45) is 16.5 Å². The maximum absolute atomic E-state index is 11.7. The third-order valence-corrected chi connectivity index (χ3v) is 2.23. The van der Waals surface area contributed by atoms with Gasteiger partial charge in [0.25, 0.3) is 5.91 Å². The first kappa shape index (κ1) is 13.0. The molecule has 1 rings (SSSR count). The molecule has 0 aliphatic rings. The Labute approximate surface area is 101 Å². The summed E-state index contributed by atoms with van der Waals surface area (Å²) >= 11 is 0. The number of carbonyl (C=O) groups excluding carboxylic acids is 1. The second-order valence-electron chi connectivity index (χ2n) is 3.78. The minimum Gasteiger partial charge on any atom is -0.370 e. The zero-order valence-electron chi connectivity index (χ0n) is 9.94. The molecule has 0 atom stereocenters. The fraction of sp³-hybridized carbons (Fsp3) is 0.333. The fourth-order valence-corrected chi connectivity index (χ4v) is 1.30. The van der Waals surface area contributed by atoms with Crippen LogP contribution in [0, 0.1) is 6.92 Å². The molecule has 1 amide bonds. The van der Waals surface area contributed by atoms with Crippen molar-refractivity contribution in [3.63, 3.8) is 0 Å². The van der Waals surface area contributed by atoms with Crippen LogP contribution in [-0.2, 0) is 0 Å². The number of guanidine groups is 1. The number of carbonyl (C=O) groups is 1. The van der Waals surface area contributed by atoms with E-state index in [2.05, 4.69) is 10.3 Å². The van der Waals surface area contributed by atoms with E-state index in [4.69, 9.17) is 11.5 Å². The summed E-state index contributed by atoms with van der Waals surface area (Å²) in [4.78, 5) is 15.5. The Bertz CT molecular complexity index is 393. The summed E-state index contributed by atoms with van der Waals surface area (Å²) in [5.74, 6) is 0.00422. The van der Waals surface area contributed by atoms with Gasteiger partial charge >= 0.3 is 0 Å². The predicted octanol–water partition coefficient (Wildman–Crippen LogP) is 0.388. The highest BCUT2D eigenvalue weighted by atomic mass is 16.1. The summed E-state index contributed by atoms with van der Waals surface area (Å²) in [6.45, 7) is 3.07. The molecule has 0 heterocycles. The SMILES string of the molecule is Cc1ccc(C(=O)NCCCN=C(N)N)cc1. The molecular weight excluding hydrogens is 216 g/mol. The highest BCUT2D eigenvalue weighted by Gasteiger charge is 2.03. The number of nitrogens with two attached hydrogens (primary N) is 2. The van der Waals surface area contributed by atoms with Crippen LogP contribution >= 0.6 is 0 Å². The van der Waals surface area contributed by atoms with Gasteiger partial charge in [0.1, 0.15) is 0 Å². The zero-order valence-corrected chi connectivity index (χ0v) is 9.94. The van der Waals surface area contributed by atoms with Gasteiger partial charge in [-0.3, -0.25) is 9.79 Å². The topological polar surface area (TPSA) is 93.5 Å². The molecule has 0 spiro atoms. The Balaban J connectivity index is 2.30. The molecule has 0 aliphatic heterocycles. The van der Waals surface area contributed by atoms with Crippen LogP contribution in [0.5, 0.6) is 0 Å². The molecule has 5 heteroatoms. The molecule has 0 unspecified atom stereocenters. The van der Waals surface area contributed by atoms with Crippen molar-refractivity contribution in [3.8, 4) is 0 Å². The van der Waals surface area contributed by atoms with Gasteiger partial charge in [-0.25, -0.2) is 0 Å². The second-order valence-corrected chi connectivity index (χ2v) is 3.78. The Morgan fingerprint density at radius 1 is 1.29 bits per heavy atom. The molecule has 0 radical (unpaired) electrons. The molecule has 1 aromatic carbocycles. The minimum atomic E-state index is -0.0744. The largest absolute Gasteiger partial charge is 0.370 e. The quantitative estimate of drug-likeness (QED) is 0.391. The molecule has 0 aliphatic carbocycles. The maximum Gasteiger partial charge on any atom is 0.251 e. The number of nitrogens with one attached hydrogen (secondary N) is 1. The number of nitrogens with zero attached hydrogens (tertiary/aromatic N) is 1. The van der Waals surface area contributed by atoms with E-state index in [0.717, 1.165) is 12.0 Å². The van der Waals surface area contributed by atoms with Crippen LogP contribution < -0.4 is 16.8 Å². The van der Waals surface area contributed by atoms with Crippen LogP contribution in [0.2, 0.25) is 0 Å². The van der Waals surface area contributed by atoms with Gasteiger partial charge in [0.15, 0.2) is 5.96 Å². The third-order valence-electron chi connectivity index (χ3n) is 2.23. The van der Waals surface area contributed by atoms with Crippen LogP contribution in [0.3, 0.4) is 0 Å². The van der Waals surface area contributed by atoms with Crippen LogP contribution in [0.25, 0.3) is 0 Å². The van der Waals surface area contributed by atoms with E-state index in [1.807, 2.05) is 19.1 Å². The van der Waals surface area contributed by atoms with Crippen LogP contribution in [0.1, 0.15) is 22.3 Å². The van der Waals surface area contributed by atoms with Crippen molar-refractivity contribution in [2.45, 2.75) is 13.3 Å². The number of hydrogen-bond donors (Lipinski definition) is 3. The van der Waals surface area contributed by atoms with Crippen molar-refractivity contribution >= 4 is 11.9 Å². The molecule has 0 saturated carbocycles. The van der Waals surface area contributed by atoms with Crippen molar-refractivity contribution < 1.29 is 4.79 Å². The minimum absolute atomic E-state index is 0.0744. The van der Waals surface area contributed by atoms with Crippen molar-refractivity contribution in [1.82, 2.24) is 5.32 Å². The number of benzene rings is 1. The van der Waals surface area contributed by atoms with E-state index < -0.39 is 0 Å². The average molecular weight is 234 g/mol. The number of hydrogen-bond acceptors (Lipinski definition) is 2. The number of rotatable bonds is 5. The summed E-state index contributed by atoms with van der Waals surface area (Å²) in [6.07, 6.45) is 0.718. The fourth-order valence-electron chi connectivity index (χ4n) is 1.30. The average Bonchev–Trinajstić information content (AvgIpc) is 2.29. The number of aliphatic imine (C=N–C) groups is 1. The first-order chi connectivity index (χ1) is 8.09. The lowest BCUT2D eigenvalue weighted by Gasteiger charge is -2.04. The van der Waals surface area contributed by atoms with Gasteiger partial charge in [-0.15, -0.1) is 0 Å². The van der Waals surface area contributed by atoms with Gasteiger partial charge in [-0.2, -0.15) is 0 Å². The predicted molar refractivity (Wildman–Crippen MR) is 68.8 cm³/mol. The van der Waals surface area contributed by atoms with Gasteiger partial charge in [0.2, 0.25) is 0 Å². The zero-order chi connectivity index (χ0) is 12.7. The molecule has 0 fully saturated rings. The normalized spacial score (nSPS) is 9.71. The summed E-state index contributed by atoms with van der Waals surface area (Å²) in [7, 11) is 0. The first-order valence-corrected chi connectivity index (χ1v) is 5.50. The standard InChI is InChI=1S/C12H18N4O/c1-9-3-5-10(6-4-9)11(17)15-7-2-8-16-12(13)14/h3-6H,2,7-8H2,1H3,(H,15,17)(H4,13,14,16). The second kappa shape index (κ2) is 6.52. The molecule has 92 valence electrons. The Morgan fingerprint density at radius 2 is 1.94 bits per heavy atom. The molecule has 0 aromatic heterocycles. The highest BCUT2D eigenvalue weighted by Crippen LogP contribution is 2.02. The summed E-state index contributed by atoms with van der Waals surface area (Å²) in [6, 6.07) is 7.43. The number of aryl methyl sites for hydroxylation is 1. The lowest BCUT2D eigenvalue weighted by atomic mass is 10.1. The molecule has 0 bridgehead atoms. The Hall–Kier alpha value is -2.04. The van der Waals surface area contributed by atoms with E-state index >= 15 is 0 Å². The van der Waals surface area contributed by atoms with Gasteiger partial charge in [0, 0.05) is 18.7 Å². The van der Waals surface area contributed by atoms with Crippen molar-refractivity contribution in [1.29, 1.82) is 0 Å². The molecule has 0 saturated heterocycles. The summed E-state index contributed by atoms with van der Waals surface area (Å²) < 4.78 is 0. The van der Waals surface area contributed by atoms with Crippen LogP contribution in [0.15, 0.2) is 29.3 Å². The van der Waals surface area contributed by atoms with Crippen LogP contribution in [-0.4, -0.2) is 25.0 Å². The van der Waals surface area contributed by atoms with E-state index in [1.165, 1.54) is 0 Å². The first-order valence-electron chi connectivity index (χ1n) is 5.50.